The Morgan fingerprint density at radius 3 is 1.36 bits per heavy atom. The molecular formula is C68H38N4S2. The molecule has 0 unspecified atom stereocenters. The highest BCUT2D eigenvalue weighted by molar-refractivity contribution is 7.27. The summed E-state index contributed by atoms with van der Waals surface area (Å²) in [7, 11) is 0. The molecule has 0 fully saturated rings. The predicted octanol–water partition coefficient (Wildman–Crippen LogP) is 19.7. The van der Waals surface area contributed by atoms with Crippen LogP contribution < -0.4 is 0 Å². The van der Waals surface area contributed by atoms with Crippen LogP contribution in [-0.2, 0) is 0 Å². The monoisotopic (exact) mass is 984 g/mol. The van der Waals surface area contributed by atoms with E-state index in [0.29, 0.717) is 22.1 Å². The Bertz CT molecular complexity index is 5210. The minimum Gasteiger partial charge on any atom is -0.317 e. The number of nitriles is 1. The van der Waals surface area contributed by atoms with Crippen molar-refractivity contribution in [2.24, 2.45) is 0 Å². The van der Waals surface area contributed by atoms with Crippen LogP contribution in [0.1, 0.15) is 19.3 Å². The lowest BCUT2D eigenvalue weighted by Gasteiger charge is -2.26. The fraction of sp³-hybridized carbons (Fsp3) is 0. The van der Waals surface area contributed by atoms with E-state index in [2.05, 4.69) is 23.0 Å². The van der Waals surface area contributed by atoms with Crippen LogP contribution in [0.4, 0.5) is 5.69 Å². The van der Waals surface area contributed by atoms with Crippen LogP contribution in [0.2, 0.25) is 0 Å². The number of thiophene rings is 2. The largest absolute Gasteiger partial charge is 0.317 e. The Balaban J connectivity index is 1.31. The van der Waals surface area contributed by atoms with Crippen molar-refractivity contribution in [2.75, 3.05) is 0 Å². The number of hydrogen-bond donors (Lipinski definition) is 0. The first kappa shape index (κ1) is 33.2. The van der Waals surface area contributed by atoms with Gasteiger partial charge in [-0.3, -0.25) is 0 Å². The first-order chi connectivity index (χ1) is 40.8. The van der Waals surface area contributed by atoms with E-state index in [1.807, 2.05) is 167 Å². The quantitative estimate of drug-likeness (QED) is 0.153. The number of aromatic nitrogens is 2. The summed E-state index contributed by atoms with van der Waals surface area (Å²) in [6.07, 6.45) is 0. The van der Waals surface area contributed by atoms with Crippen LogP contribution in [0.5, 0.6) is 0 Å². The second-order valence-electron chi connectivity index (χ2n) is 18.1. The van der Waals surface area contributed by atoms with E-state index in [9.17, 15) is 22.8 Å². The van der Waals surface area contributed by atoms with Crippen molar-refractivity contribution >= 4 is 112 Å². The molecule has 6 heteroatoms. The third kappa shape index (κ3) is 5.99. The van der Waals surface area contributed by atoms with Crippen molar-refractivity contribution in [1.29, 1.82) is 5.26 Å². The number of rotatable bonds is 6. The molecule has 4 heterocycles. The summed E-state index contributed by atoms with van der Waals surface area (Å²) in [4.78, 5) is 4.37. The lowest BCUT2D eigenvalue weighted by molar-refractivity contribution is 1.14. The molecule has 342 valence electrons. The predicted molar refractivity (Wildman–Crippen MR) is 314 cm³/mol. The number of hydrogen-bond acceptors (Lipinski definition) is 3. The van der Waals surface area contributed by atoms with Gasteiger partial charge in [0, 0.05) is 63.6 Å². The van der Waals surface area contributed by atoms with Gasteiger partial charge >= 0.3 is 0 Å². The van der Waals surface area contributed by atoms with Crippen LogP contribution in [-0.4, -0.2) is 9.13 Å². The zero-order chi connectivity index (χ0) is 57.7. The van der Waals surface area contributed by atoms with E-state index in [1.54, 1.807) is 0 Å². The van der Waals surface area contributed by atoms with Crippen molar-refractivity contribution in [2.45, 2.75) is 0 Å². The molecule has 0 amide bonds. The van der Waals surface area contributed by atoms with Gasteiger partial charge in [0.1, 0.15) is 6.07 Å². The second kappa shape index (κ2) is 16.5. The summed E-state index contributed by atoms with van der Waals surface area (Å²) < 4.78 is 102. The molecule has 74 heavy (non-hydrogen) atoms. The number of fused-ring (bicyclic) bond motifs is 14. The average Bonchev–Trinajstić information content (AvgIpc) is 1.48. The standard InChI is InChI=1S/C68H38N4S2/c1-70-62-58(43-24-10-4-11-25-43)53(40-69)63(71-54-32-18-30-45(41-20-6-2-7-21-41)60(54)51-38-36-49-47-28-14-16-34-56(47)73-67(49)64(51)71)59(44-26-12-5-13-27-44)66(62)72-55-33-19-31-46(42-22-8-3-9-23-42)61(55)52-39-37-50-48-29-15-17-35-57(48)74-68(50)65(52)72/h2-39H/i4D,5D,10D,11D,12D,13D,24D,25D,26D,27D. The summed E-state index contributed by atoms with van der Waals surface area (Å²) in [6.45, 7) is 9.62. The molecule has 0 N–H and O–H groups in total. The van der Waals surface area contributed by atoms with Crippen LogP contribution >= 0.6 is 22.7 Å². The normalized spacial score (nSPS) is 13.6. The fourth-order valence-corrected chi connectivity index (χ4v) is 13.9. The Morgan fingerprint density at radius 2 is 0.878 bits per heavy atom. The molecule has 0 atom stereocenters. The maximum absolute atomic E-state index is 12.5. The number of nitrogens with zero attached hydrogens (tertiary/aromatic N) is 4. The first-order valence-electron chi connectivity index (χ1n) is 28.9. The lowest BCUT2D eigenvalue weighted by Crippen LogP contribution is -2.09. The van der Waals surface area contributed by atoms with Crippen molar-refractivity contribution in [1.82, 2.24) is 9.13 Å². The molecule has 15 rings (SSSR count). The Kier molecular flexibility index (Phi) is 7.39. The van der Waals surface area contributed by atoms with E-state index >= 15 is 0 Å². The third-order valence-electron chi connectivity index (χ3n) is 14.4. The molecule has 0 radical (unpaired) electrons. The van der Waals surface area contributed by atoms with Crippen LogP contribution in [0.25, 0.3) is 145 Å². The summed E-state index contributed by atoms with van der Waals surface area (Å²) >= 11 is 3.06. The summed E-state index contributed by atoms with van der Waals surface area (Å²) in [5, 5.41) is 19.1. The average molecular weight is 985 g/mol. The van der Waals surface area contributed by atoms with E-state index in [1.165, 1.54) is 22.7 Å². The van der Waals surface area contributed by atoms with Crippen molar-refractivity contribution < 1.29 is 13.7 Å². The van der Waals surface area contributed by atoms with Crippen molar-refractivity contribution in [3.63, 3.8) is 0 Å². The fourth-order valence-electron chi connectivity index (χ4n) is 11.4. The van der Waals surface area contributed by atoms with Gasteiger partial charge in [0.2, 0.25) is 5.69 Å². The van der Waals surface area contributed by atoms with Gasteiger partial charge in [-0.2, -0.15) is 5.26 Å². The van der Waals surface area contributed by atoms with Crippen molar-refractivity contribution in [3.05, 3.63) is 247 Å². The highest BCUT2D eigenvalue weighted by Gasteiger charge is 2.33. The lowest BCUT2D eigenvalue weighted by atomic mass is 9.88. The SMILES string of the molecule is [2H]c1c([2H])c([2H])c(-c2c(C#N)c(-n3c4cccc(-c5ccccc5)c4c4ccc5c6ccccc6sc5c43)c(-c3c([2H])c([2H])c([2H])c([2H])c3[2H])c(-n3c4cccc(-c5ccccc5)c4c4ccc5c6ccccc6sc5c43)c2[N+]#[C-])c([2H])c1[2H]. The van der Waals surface area contributed by atoms with E-state index in [4.69, 9.17) is 2.74 Å². The van der Waals surface area contributed by atoms with Gasteiger partial charge in [0.05, 0.1) is 68.7 Å². The molecule has 0 aliphatic carbocycles. The molecule has 0 saturated carbocycles. The minimum atomic E-state index is -0.698. The molecule has 0 saturated heterocycles. The molecule has 0 spiro atoms. The maximum Gasteiger partial charge on any atom is 0.220 e. The van der Waals surface area contributed by atoms with Gasteiger partial charge in [0.15, 0.2) is 0 Å². The van der Waals surface area contributed by atoms with Crippen LogP contribution in [0.3, 0.4) is 0 Å². The Labute approximate surface area is 447 Å². The van der Waals surface area contributed by atoms with Gasteiger partial charge in [-0.05, 0) is 57.6 Å². The van der Waals surface area contributed by atoms with Crippen molar-refractivity contribution in [3.8, 4) is 62.0 Å². The summed E-state index contributed by atoms with van der Waals surface area (Å²) in [6, 6.07) is 51.4. The molecule has 4 nitrogen and oxygen atoms in total. The molecule has 0 aliphatic rings. The topological polar surface area (TPSA) is 38.0 Å². The van der Waals surface area contributed by atoms with E-state index in [-0.39, 0.29) is 39.3 Å². The number of benzene rings is 11. The summed E-state index contributed by atoms with van der Waals surface area (Å²) in [5.41, 5.74) is 3.79. The third-order valence-corrected chi connectivity index (χ3v) is 16.7. The van der Waals surface area contributed by atoms with Crippen LogP contribution in [0.15, 0.2) is 230 Å². The Morgan fingerprint density at radius 1 is 0.432 bits per heavy atom. The van der Waals surface area contributed by atoms with Gasteiger partial charge < -0.3 is 9.13 Å². The molecule has 0 aliphatic heterocycles. The van der Waals surface area contributed by atoms with Gasteiger partial charge in [-0.1, -0.05) is 206 Å². The zero-order valence-electron chi connectivity index (χ0n) is 48.8. The molecule has 11 aromatic carbocycles. The molecular weight excluding hydrogens is 937 g/mol. The second-order valence-corrected chi connectivity index (χ2v) is 20.2. The maximum atomic E-state index is 12.5. The smallest absolute Gasteiger partial charge is 0.220 e. The zero-order valence-corrected chi connectivity index (χ0v) is 40.4. The van der Waals surface area contributed by atoms with Gasteiger partial charge in [-0.25, -0.2) is 4.85 Å². The highest BCUT2D eigenvalue weighted by atomic mass is 32.1. The van der Waals surface area contributed by atoms with Gasteiger partial charge in [0.25, 0.3) is 0 Å². The summed E-state index contributed by atoms with van der Waals surface area (Å²) in [5.74, 6) is 0. The van der Waals surface area contributed by atoms with Gasteiger partial charge in [-0.15, -0.1) is 22.7 Å². The first-order valence-corrected chi connectivity index (χ1v) is 25.5. The van der Waals surface area contributed by atoms with E-state index < -0.39 is 66.0 Å². The van der Waals surface area contributed by atoms with Crippen LogP contribution in [0, 0.1) is 17.9 Å². The van der Waals surface area contributed by atoms with E-state index in [0.717, 1.165) is 84.1 Å². The minimum absolute atomic E-state index is 0.0341. The molecule has 0 bridgehead atoms. The Hall–Kier alpha value is -9.56. The highest BCUT2D eigenvalue weighted by Crippen LogP contribution is 2.55. The molecule has 15 aromatic rings. The molecule has 4 aromatic heterocycles.